The van der Waals surface area contributed by atoms with Gasteiger partial charge in [0.2, 0.25) is 5.91 Å². The minimum Gasteiger partial charge on any atom is -0.342 e. The molecule has 0 heterocycles. The average Bonchev–Trinajstić information content (AvgIpc) is 2.91. The molecule has 140 valence electrons. The van der Waals surface area contributed by atoms with Crippen molar-refractivity contribution in [3.63, 3.8) is 0 Å². The summed E-state index contributed by atoms with van der Waals surface area (Å²) in [6.45, 7) is 11.4. The number of rotatable bonds is 5. The zero-order chi connectivity index (χ0) is 19.2. The van der Waals surface area contributed by atoms with Gasteiger partial charge in [0.1, 0.15) is 11.1 Å². The van der Waals surface area contributed by atoms with Crippen molar-refractivity contribution in [2.24, 2.45) is 21.3 Å². The van der Waals surface area contributed by atoms with Gasteiger partial charge in [-0.2, -0.15) is 5.10 Å². The lowest BCUT2D eigenvalue weighted by Crippen LogP contribution is -2.52. The number of fused-ring (bicyclic) bond motifs is 2. The van der Waals surface area contributed by atoms with Crippen LogP contribution in [-0.2, 0) is 9.59 Å². The number of hydrogen-bond acceptors (Lipinski definition) is 4. The molecule has 0 aromatic heterocycles. The third-order valence-corrected chi connectivity index (χ3v) is 7.06. The van der Waals surface area contributed by atoms with Gasteiger partial charge in [-0.05, 0) is 44.2 Å². The molecule has 2 aliphatic carbocycles. The van der Waals surface area contributed by atoms with Gasteiger partial charge < -0.3 is 4.90 Å². The number of nitrogens with zero attached hydrogens (tertiary/aromatic N) is 2. The second-order valence-corrected chi connectivity index (χ2v) is 8.11. The molecular formula is C21H29N3O2. The summed E-state index contributed by atoms with van der Waals surface area (Å²) >= 11 is 0. The minimum absolute atomic E-state index is 0.0360. The van der Waals surface area contributed by atoms with Crippen molar-refractivity contribution in [2.75, 3.05) is 18.5 Å². The van der Waals surface area contributed by atoms with Crippen LogP contribution >= 0.6 is 0 Å². The van der Waals surface area contributed by atoms with Crippen LogP contribution in [0.4, 0.5) is 5.69 Å². The molecule has 26 heavy (non-hydrogen) atoms. The minimum atomic E-state index is -0.995. The van der Waals surface area contributed by atoms with Crippen molar-refractivity contribution in [1.82, 2.24) is 4.90 Å². The van der Waals surface area contributed by atoms with Crippen molar-refractivity contribution in [2.45, 2.75) is 47.5 Å². The molecular weight excluding hydrogens is 326 g/mol. The van der Waals surface area contributed by atoms with Crippen LogP contribution in [0.5, 0.6) is 0 Å². The van der Waals surface area contributed by atoms with Gasteiger partial charge in [-0.15, -0.1) is 0 Å². The molecule has 2 bridgehead atoms. The standard InChI is InChI=1S/C21H29N3O2/c1-6-24(7-2)18(26)21-14-13-20(5,19(21,3)4)16(17(21)25)23-22-15-11-9-8-10-12-15/h8-12,22H,6-7,13-14H2,1-5H3. The third-order valence-electron chi connectivity index (χ3n) is 7.06. The number of carbonyl (C=O) groups excluding carboxylic acids is 2. The second kappa shape index (κ2) is 6.22. The van der Waals surface area contributed by atoms with E-state index < -0.39 is 16.2 Å². The first-order valence-electron chi connectivity index (χ1n) is 9.49. The molecule has 1 amide bonds. The van der Waals surface area contributed by atoms with Gasteiger partial charge in [-0.3, -0.25) is 15.0 Å². The zero-order valence-electron chi connectivity index (χ0n) is 16.4. The Bertz CT molecular complexity index is 752. The first-order valence-corrected chi connectivity index (χ1v) is 9.49. The largest absolute Gasteiger partial charge is 0.342 e. The van der Waals surface area contributed by atoms with Crippen molar-refractivity contribution in [1.29, 1.82) is 0 Å². The van der Waals surface area contributed by atoms with E-state index in [0.717, 1.165) is 12.1 Å². The van der Waals surface area contributed by atoms with Crippen molar-refractivity contribution < 1.29 is 9.59 Å². The van der Waals surface area contributed by atoms with Gasteiger partial charge in [0.15, 0.2) is 5.78 Å². The van der Waals surface area contributed by atoms with Crippen molar-refractivity contribution in [3.8, 4) is 0 Å². The Hall–Kier alpha value is -2.17. The molecule has 1 aromatic rings. The molecule has 5 heteroatoms. The fraction of sp³-hybridized carbons (Fsp3) is 0.571. The molecule has 2 atom stereocenters. The molecule has 1 N–H and O–H groups in total. The summed E-state index contributed by atoms with van der Waals surface area (Å²) in [4.78, 5) is 28.7. The number of anilines is 1. The van der Waals surface area contributed by atoms with Gasteiger partial charge in [0, 0.05) is 18.5 Å². The van der Waals surface area contributed by atoms with E-state index in [2.05, 4.69) is 31.3 Å². The Labute approximate surface area is 155 Å². The fourth-order valence-electron chi connectivity index (χ4n) is 4.86. The quantitative estimate of drug-likeness (QED) is 0.647. The van der Waals surface area contributed by atoms with E-state index in [1.165, 1.54) is 0 Å². The van der Waals surface area contributed by atoms with E-state index in [9.17, 15) is 9.59 Å². The van der Waals surface area contributed by atoms with Gasteiger partial charge in [-0.25, -0.2) is 0 Å². The smallest absolute Gasteiger partial charge is 0.237 e. The second-order valence-electron chi connectivity index (χ2n) is 8.11. The van der Waals surface area contributed by atoms with Gasteiger partial charge >= 0.3 is 0 Å². The molecule has 1 aromatic carbocycles. The summed E-state index contributed by atoms with van der Waals surface area (Å²) in [5.74, 6) is -0.136. The van der Waals surface area contributed by atoms with E-state index in [1.807, 2.05) is 44.2 Å². The number of para-hydroxylation sites is 1. The number of benzene rings is 1. The van der Waals surface area contributed by atoms with Crippen LogP contribution in [0.15, 0.2) is 35.4 Å². The highest BCUT2D eigenvalue weighted by molar-refractivity contribution is 6.50. The maximum atomic E-state index is 13.5. The lowest BCUT2D eigenvalue weighted by atomic mass is 9.64. The van der Waals surface area contributed by atoms with E-state index in [0.29, 0.717) is 25.2 Å². The first-order chi connectivity index (χ1) is 12.3. The predicted molar refractivity (Wildman–Crippen MR) is 104 cm³/mol. The summed E-state index contributed by atoms with van der Waals surface area (Å²) in [5.41, 5.74) is 2.50. The maximum Gasteiger partial charge on any atom is 0.237 e. The van der Waals surface area contributed by atoms with E-state index >= 15 is 0 Å². The number of carbonyl (C=O) groups is 2. The lowest BCUT2D eigenvalue weighted by Gasteiger charge is -2.40. The normalized spacial score (nSPS) is 30.7. The third kappa shape index (κ3) is 2.19. The molecule has 0 radical (unpaired) electrons. The zero-order valence-corrected chi connectivity index (χ0v) is 16.4. The van der Waals surface area contributed by atoms with Gasteiger partial charge in [0.25, 0.3) is 0 Å². The Morgan fingerprint density at radius 3 is 2.31 bits per heavy atom. The van der Waals surface area contributed by atoms with Crippen LogP contribution in [0.1, 0.15) is 47.5 Å². The Balaban J connectivity index is 2.04. The molecule has 0 aliphatic heterocycles. The van der Waals surface area contributed by atoms with Crippen LogP contribution in [0, 0.1) is 16.2 Å². The average molecular weight is 355 g/mol. The summed E-state index contributed by atoms with van der Waals surface area (Å²) in [7, 11) is 0. The van der Waals surface area contributed by atoms with Gasteiger partial charge in [0.05, 0.1) is 5.69 Å². The van der Waals surface area contributed by atoms with Crippen molar-refractivity contribution >= 4 is 23.1 Å². The van der Waals surface area contributed by atoms with Crippen LogP contribution < -0.4 is 5.43 Å². The van der Waals surface area contributed by atoms with Crippen LogP contribution in [0.2, 0.25) is 0 Å². The number of hydrogen-bond donors (Lipinski definition) is 1. The number of hydrazone groups is 1. The fourth-order valence-corrected chi connectivity index (χ4v) is 4.86. The van der Waals surface area contributed by atoms with E-state index in [1.54, 1.807) is 4.90 Å². The van der Waals surface area contributed by atoms with Gasteiger partial charge in [-0.1, -0.05) is 39.0 Å². The number of Topliss-reactive ketones (excluding diaryl/α,β-unsaturated/α-hetero) is 1. The monoisotopic (exact) mass is 355 g/mol. The molecule has 2 fully saturated rings. The van der Waals surface area contributed by atoms with Crippen molar-refractivity contribution in [3.05, 3.63) is 30.3 Å². The molecule has 0 spiro atoms. The Morgan fingerprint density at radius 1 is 1.12 bits per heavy atom. The molecule has 0 saturated heterocycles. The topological polar surface area (TPSA) is 61.8 Å². The Kier molecular flexibility index (Phi) is 4.45. The Morgan fingerprint density at radius 2 is 1.73 bits per heavy atom. The predicted octanol–water partition coefficient (Wildman–Crippen LogP) is 3.72. The number of amides is 1. The highest BCUT2D eigenvalue weighted by Crippen LogP contribution is 2.69. The number of ketones is 1. The summed E-state index contributed by atoms with van der Waals surface area (Å²) in [6, 6.07) is 9.59. The lowest BCUT2D eigenvalue weighted by molar-refractivity contribution is -0.152. The van der Waals surface area contributed by atoms with Crippen LogP contribution in [0.3, 0.4) is 0 Å². The van der Waals surface area contributed by atoms with E-state index in [4.69, 9.17) is 0 Å². The molecule has 2 aliphatic rings. The summed E-state index contributed by atoms with van der Waals surface area (Å²) in [5, 5.41) is 4.51. The SMILES string of the molecule is CCN(CC)C(=O)C12CCC(C)(C(=NNc3ccccc3)C1=O)C2(C)C. The highest BCUT2D eigenvalue weighted by Gasteiger charge is 2.77. The van der Waals surface area contributed by atoms with Crippen LogP contribution in [-0.4, -0.2) is 35.4 Å². The molecule has 5 nitrogen and oxygen atoms in total. The molecule has 3 rings (SSSR count). The highest BCUT2D eigenvalue weighted by atomic mass is 16.2. The number of nitrogens with one attached hydrogen (secondary N) is 1. The first kappa shape index (κ1) is 18.6. The maximum absolute atomic E-state index is 13.5. The summed E-state index contributed by atoms with van der Waals surface area (Å²) in [6.07, 6.45) is 1.41. The van der Waals surface area contributed by atoms with Crippen LogP contribution in [0.25, 0.3) is 0 Å². The summed E-state index contributed by atoms with van der Waals surface area (Å²) < 4.78 is 0. The molecule has 2 saturated carbocycles. The molecule has 2 unspecified atom stereocenters. The van der Waals surface area contributed by atoms with E-state index in [-0.39, 0.29) is 11.7 Å².